The average Bonchev–Trinajstić information content (AvgIpc) is 3.31. The Morgan fingerprint density at radius 1 is 1.37 bits per heavy atom. The van der Waals surface area contributed by atoms with Crippen LogP contribution < -0.4 is 10.9 Å². The van der Waals surface area contributed by atoms with Gasteiger partial charge >= 0.3 is 0 Å². The summed E-state index contributed by atoms with van der Waals surface area (Å²) in [6, 6.07) is 9.66. The van der Waals surface area contributed by atoms with Crippen molar-refractivity contribution < 1.29 is 9.53 Å². The van der Waals surface area contributed by atoms with Gasteiger partial charge in [0.05, 0.1) is 29.4 Å². The molecule has 1 fully saturated rings. The van der Waals surface area contributed by atoms with Gasteiger partial charge < -0.3 is 14.6 Å². The smallest absolute Gasteiger partial charge is 0.263 e. The summed E-state index contributed by atoms with van der Waals surface area (Å²) in [6.07, 6.45) is 3.74. The molecule has 0 spiro atoms. The molecule has 27 heavy (non-hydrogen) atoms. The van der Waals surface area contributed by atoms with Crippen molar-refractivity contribution >= 4 is 27.5 Å². The van der Waals surface area contributed by atoms with Crippen molar-refractivity contribution in [3.05, 3.63) is 63.0 Å². The summed E-state index contributed by atoms with van der Waals surface area (Å²) in [5.74, 6) is -0.363. The second-order valence-electron chi connectivity index (χ2n) is 6.72. The van der Waals surface area contributed by atoms with Gasteiger partial charge in [0.25, 0.3) is 11.5 Å². The third-order valence-corrected chi connectivity index (χ3v) is 5.80. The van der Waals surface area contributed by atoms with Crippen LogP contribution >= 0.6 is 11.3 Å². The van der Waals surface area contributed by atoms with Gasteiger partial charge in [0.15, 0.2) is 0 Å². The summed E-state index contributed by atoms with van der Waals surface area (Å²) >= 11 is 1.54. The van der Waals surface area contributed by atoms with Crippen molar-refractivity contribution in [1.82, 2.24) is 14.9 Å². The maximum absolute atomic E-state index is 12.8. The van der Waals surface area contributed by atoms with Gasteiger partial charge in [0, 0.05) is 12.8 Å². The van der Waals surface area contributed by atoms with Crippen molar-refractivity contribution in [3.63, 3.8) is 0 Å². The molecule has 0 radical (unpaired) electrons. The van der Waals surface area contributed by atoms with Crippen molar-refractivity contribution in [2.24, 2.45) is 0 Å². The van der Waals surface area contributed by atoms with E-state index in [0.29, 0.717) is 18.7 Å². The highest BCUT2D eigenvalue weighted by Gasteiger charge is 2.20. The lowest BCUT2D eigenvalue weighted by Crippen LogP contribution is -2.35. The molecule has 3 aromatic rings. The van der Waals surface area contributed by atoms with Crippen LogP contribution in [0.2, 0.25) is 0 Å². The second-order valence-corrected chi connectivity index (χ2v) is 7.84. The minimum absolute atomic E-state index is 0.0454. The molecule has 6 nitrogen and oxygen atoms in total. The highest BCUT2D eigenvalue weighted by Crippen LogP contribution is 2.21. The second kappa shape index (κ2) is 7.62. The number of aryl methyl sites for hydroxylation is 1. The molecular formula is C20H21N3O3S. The Morgan fingerprint density at radius 3 is 3.00 bits per heavy atom. The van der Waals surface area contributed by atoms with E-state index in [1.807, 2.05) is 30.3 Å². The number of nitrogens with one attached hydrogen (secondary N) is 1. The lowest BCUT2D eigenvalue weighted by molar-refractivity contribution is 0.0928. The number of para-hydroxylation sites is 1. The van der Waals surface area contributed by atoms with Gasteiger partial charge in [0.2, 0.25) is 0 Å². The summed E-state index contributed by atoms with van der Waals surface area (Å²) in [6.45, 7) is 3.31. The van der Waals surface area contributed by atoms with Crippen LogP contribution in [-0.2, 0) is 17.8 Å². The Bertz CT molecular complexity index is 1000. The molecule has 140 valence electrons. The molecular weight excluding hydrogens is 362 g/mol. The number of carbonyl (C=O) groups is 1. The number of carbonyl (C=O) groups excluding carboxylic acids is 1. The van der Waals surface area contributed by atoms with Crippen LogP contribution in [-0.4, -0.2) is 28.2 Å². The first-order valence-electron chi connectivity index (χ1n) is 9.06. The molecule has 1 aliphatic rings. The van der Waals surface area contributed by atoms with Crippen LogP contribution in [0.5, 0.6) is 0 Å². The van der Waals surface area contributed by atoms with Crippen LogP contribution in [0.1, 0.15) is 33.8 Å². The van der Waals surface area contributed by atoms with Crippen molar-refractivity contribution in [2.75, 3.05) is 6.61 Å². The molecule has 7 heteroatoms. The van der Waals surface area contributed by atoms with E-state index in [-0.39, 0.29) is 23.1 Å². The van der Waals surface area contributed by atoms with Gasteiger partial charge in [-0.3, -0.25) is 9.59 Å². The molecule has 2 aromatic heterocycles. The molecule has 1 aromatic carbocycles. The number of benzene rings is 1. The normalized spacial score (nSPS) is 16.7. The molecule has 0 bridgehead atoms. The number of amides is 1. The number of ether oxygens (including phenoxy) is 1. The van der Waals surface area contributed by atoms with E-state index in [4.69, 9.17) is 4.74 Å². The number of hydrogen-bond acceptors (Lipinski definition) is 5. The monoisotopic (exact) mass is 383 g/mol. The Morgan fingerprint density at radius 2 is 2.22 bits per heavy atom. The van der Waals surface area contributed by atoms with E-state index >= 15 is 0 Å². The molecule has 1 aliphatic heterocycles. The summed E-state index contributed by atoms with van der Waals surface area (Å²) in [7, 11) is 0. The molecule has 1 atom stereocenters. The summed E-state index contributed by atoms with van der Waals surface area (Å²) < 4.78 is 8.27. The first kappa shape index (κ1) is 17.9. The third kappa shape index (κ3) is 3.79. The van der Waals surface area contributed by atoms with Crippen LogP contribution in [0, 0.1) is 6.92 Å². The first-order chi connectivity index (χ1) is 13.1. The minimum Gasteiger partial charge on any atom is -0.376 e. The standard InChI is InChI=1S/C20H21N3O3S/c1-13-8-9-23(12-14-5-4-10-26-14)20(25)18(13)19(24)21-11-17-22-15-6-2-3-7-16(15)27-17/h2-3,6-9,14H,4-5,10-12H2,1H3,(H,21,24). The predicted octanol–water partition coefficient (Wildman–Crippen LogP) is 2.88. The highest BCUT2D eigenvalue weighted by molar-refractivity contribution is 7.18. The van der Waals surface area contributed by atoms with E-state index in [1.54, 1.807) is 29.0 Å². The number of pyridine rings is 1. The maximum atomic E-state index is 12.8. The fourth-order valence-corrected chi connectivity index (χ4v) is 4.24. The summed E-state index contributed by atoms with van der Waals surface area (Å²) in [5.41, 5.74) is 1.51. The van der Waals surface area contributed by atoms with E-state index in [0.717, 1.165) is 34.7 Å². The van der Waals surface area contributed by atoms with E-state index in [2.05, 4.69) is 10.3 Å². The van der Waals surface area contributed by atoms with Crippen LogP contribution in [0.25, 0.3) is 10.2 Å². The van der Waals surface area contributed by atoms with Gasteiger partial charge in [-0.05, 0) is 43.5 Å². The van der Waals surface area contributed by atoms with Crippen molar-refractivity contribution in [2.45, 2.75) is 39.0 Å². The predicted molar refractivity (Wildman–Crippen MR) is 105 cm³/mol. The van der Waals surface area contributed by atoms with Gasteiger partial charge in [-0.1, -0.05) is 12.1 Å². The molecule has 4 rings (SSSR count). The van der Waals surface area contributed by atoms with Gasteiger partial charge in [0.1, 0.15) is 10.6 Å². The minimum atomic E-state index is -0.363. The topological polar surface area (TPSA) is 73.2 Å². The molecule has 0 aliphatic carbocycles. The lowest BCUT2D eigenvalue weighted by Gasteiger charge is -2.14. The zero-order valence-corrected chi connectivity index (χ0v) is 15.9. The largest absolute Gasteiger partial charge is 0.376 e. The number of thiazole rings is 1. The number of hydrogen-bond donors (Lipinski definition) is 1. The zero-order chi connectivity index (χ0) is 18.8. The molecule has 1 saturated heterocycles. The maximum Gasteiger partial charge on any atom is 0.263 e. The van der Waals surface area contributed by atoms with E-state index < -0.39 is 0 Å². The quantitative estimate of drug-likeness (QED) is 0.735. The highest BCUT2D eigenvalue weighted by atomic mass is 32.1. The van der Waals surface area contributed by atoms with Gasteiger partial charge in [-0.15, -0.1) is 11.3 Å². The first-order valence-corrected chi connectivity index (χ1v) is 9.88. The fraction of sp³-hybridized carbons (Fsp3) is 0.350. The van der Waals surface area contributed by atoms with E-state index in [9.17, 15) is 9.59 Å². The average molecular weight is 383 g/mol. The SMILES string of the molecule is Cc1ccn(CC2CCCO2)c(=O)c1C(=O)NCc1nc2ccccc2s1. The van der Waals surface area contributed by atoms with Gasteiger partial charge in [-0.25, -0.2) is 4.98 Å². The summed E-state index contributed by atoms with van der Waals surface area (Å²) in [4.78, 5) is 30.0. The zero-order valence-electron chi connectivity index (χ0n) is 15.1. The van der Waals surface area contributed by atoms with Crippen LogP contribution in [0.15, 0.2) is 41.3 Å². The number of fused-ring (bicyclic) bond motifs is 1. The number of aromatic nitrogens is 2. The Balaban J connectivity index is 1.51. The molecule has 1 unspecified atom stereocenters. The fourth-order valence-electron chi connectivity index (χ4n) is 3.33. The van der Waals surface area contributed by atoms with Crippen molar-refractivity contribution in [3.8, 4) is 0 Å². The van der Waals surface area contributed by atoms with Crippen molar-refractivity contribution in [1.29, 1.82) is 0 Å². The van der Waals surface area contributed by atoms with Crippen LogP contribution in [0.4, 0.5) is 0 Å². The van der Waals surface area contributed by atoms with Gasteiger partial charge in [-0.2, -0.15) is 0 Å². The third-order valence-electron chi connectivity index (χ3n) is 4.76. The molecule has 0 saturated carbocycles. The van der Waals surface area contributed by atoms with E-state index in [1.165, 1.54) is 0 Å². The molecule has 1 N–H and O–H groups in total. The Hall–Kier alpha value is -2.51. The number of nitrogens with zero attached hydrogens (tertiary/aromatic N) is 2. The molecule has 1 amide bonds. The Kier molecular flexibility index (Phi) is 5.05. The number of rotatable bonds is 5. The lowest BCUT2D eigenvalue weighted by atomic mass is 10.1. The molecule has 3 heterocycles. The summed E-state index contributed by atoms with van der Waals surface area (Å²) in [5, 5.41) is 3.66. The Labute approximate surface area is 160 Å². The van der Waals surface area contributed by atoms with Crippen LogP contribution in [0.3, 0.4) is 0 Å².